The zero-order chi connectivity index (χ0) is 15.7. The molecule has 2 aromatic carbocycles. The summed E-state index contributed by atoms with van der Waals surface area (Å²) in [7, 11) is 0. The summed E-state index contributed by atoms with van der Waals surface area (Å²) in [4.78, 5) is 0. The summed E-state index contributed by atoms with van der Waals surface area (Å²) < 4.78 is 12.3. The first-order chi connectivity index (χ1) is 11.2. The molecule has 0 amide bonds. The Morgan fingerprint density at radius 2 is 1.83 bits per heavy atom. The van der Waals surface area contributed by atoms with Gasteiger partial charge in [0.25, 0.3) is 0 Å². The highest BCUT2D eigenvalue weighted by Gasteiger charge is 2.48. The molecule has 4 rings (SSSR count). The van der Waals surface area contributed by atoms with Crippen molar-refractivity contribution in [1.82, 2.24) is 0 Å². The maximum absolute atomic E-state index is 6.21. The van der Waals surface area contributed by atoms with Gasteiger partial charge in [-0.3, -0.25) is 0 Å². The summed E-state index contributed by atoms with van der Waals surface area (Å²) in [6, 6.07) is 19.0. The lowest BCUT2D eigenvalue weighted by atomic mass is 9.87. The molecule has 0 unspecified atom stereocenters. The van der Waals surface area contributed by atoms with Crippen LogP contribution < -0.4 is 0 Å². The highest BCUT2D eigenvalue weighted by Crippen LogP contribution is 2.46. The van der Waals surface area contributed by atoms with Crippen molar-refractivity contribution in [3.05, 3.63) is 77.4 Å². The van der Waals surface area contributed by atoms with Gasteiger partial charge in [-0.1, -0.05) is 72.3 Å². The van der Waals surface area contributed by atoms with E-state index in [9.17, 15) is 0 Å². The molecule has 2 saturated heterocycles. The monoisotopic (exact) mass is 306 g/mol. The summed E-state index contributed by atoms with van der Waals surface area (Å²) in [5.74, 6) is -0.0651. The molecule has 0 aromatic heterocycles. The Bertz CT molecular complexity index is 690. The topological polar surface area (TPSA) is 18.5 Å². The molecule has 0 N–H and O–H groups in total. The first kappa shape index (κ1) is 14.7. The lowest BCUT2D eigenvalue weighted by Crippen LogP contribution is -2.35. The number of benzene rings is 2. The van der Waals surface area contributed by atoms with Crippen molar-refractivity contribution in [3.8, 4) is 0 Å². The Kier molecular flexibility index (Phi) is 3.80. The van der Waals surface area contributed by atoms with E-state index in [0.717, 1.165) is 18.4 Å². The van der Waals surface area contributed by atoms with Crippen molar-refractivity contribution in [2.45, 2.75) is 31.7 Å². The van der Waals surface area contributed by atoms with Gasteiger partial charge in [-0.05, 0) is 24.8 Å². The van der Waals surface area contributed by atoms with Crippen LogP contribution in [0.1, 0.15) is 29.5 Å². The van der Waals surface area contributed by atoms with Gasteiger partial charge in [0, 0.05) is 12.0 Å². The molecule has 2 heteroatoms. The first-order valence-corrected chi connectivity index (χ1v) is 8.36. The molecule has 2 fully saturated rings. The Morgan fingerprint density at radius 1 is 1.04 bits per heavy atom. The van der Waals surface area contributed by atoms with E-state index in [1.807, 2.05) is 6.07 Å². The number of aryl methyl sites for hydroxylation is 1. The SMILES string of the molecule is Cc1ccc(/C=C/[C@@H]2C[C@H]3CO[C@@](c4ccccc4)(C2)O3)cc1. The van der Waals surface area contributed by atoms with Crippen LogP contribution in [0.2, 0.25) is 0 Å². The smallest absolute Gasteiger partial charge is 0.195 e. The van der Waals surface area contributed by atoms with Gasteiger partial charge in [-0.2, -0.15) is 0 Å². The lowest BCUT2D eigenvalue weighted by Gasteiger charge is -2.35. The van der Waals surface area contributed by atoms with Crippen molar-refractivity contribution in [2.24, 2.45) is 5.92 Å². The fraction of sp³-hybridized carbons (Fsp3) is 0.333. The van der Waals surface area contributed by atoms with Crippen molar-refractivity contribution < 1.29 is 9.47 Å². The van der Waals surface area contributed by atoms with E-state index < -0.39 is 5.79 Å². The van der Waals surface area contributed by atoms with E-state index in [2.05, 4.69) is 67.6 Å². The van der Waals surface area contributed by atoms with Crippen LogP contribution in [0.4, 0.5) is 0 Å². The van der Waals surface area contributed by atoms with E-state index in [4.69, 9.17) is 9.47 Å². The van der Waals surface area contributed by atoms with E-state index in [0.29, 0.717) is 12.5 Å². The molecule has 0 radical (unpaired) electrons. The Balaban J connectivity index is 1.54. The summed E-state index contributed by atoms with van der Waals surface area (Å²) in [5.41, 5.74) is 3.68. The second-order valence-electron chi connectivity index (χ2n) is 6.64. The highest BCUT2D eigenvalue weighted by atomic mass is 16.7. The number of ether oxygens (including phenoxy) is 2. The summed E-state index contributed by atoms with van der Waals surface area (Å²) in [6.45, 7) is 2.81. The average Bonchev–Trinajstić information content (AvgIpc) is 2.91. The Morgan fingerprint density at radius 3 is 2.61 bits per heavy atom. The maximum Gasteiger partial charge on any atom is 0.195 e. The molecule has 2 bridgehead atoms. The van der Waals surface area contributed by atoms with Gasteiger partial charge in [0.05, 0.1) is 12.7 Å². The lowest BCUT2D eigenvalue weighted by molar-refractivity contribution is -0.204. The second-order valence-corrected chi connectivity index (χ2v) is 6.64. The third-order valence-corrected chi connectivity index (χ3v) is 4.81. The van der Waals surface area contributed by atoms with Crippen LogP contribution in [-0.4, -0.2) is 12.7 Å². The Labute approximate surface area is 137 Å². The number of hydrogen-bond acceptors (Lipinski definition) is 2. The number of hydrogen-bond donors (Lipinski definition) is 0. The third kappa shape index (κ3) is 2.97. The highest BCUT2D eigenvalue weighted by molar-refractivity contribution is 5.50. The summed E-state index contributed by atoms with van der Waals surface area (Å²) >= 11 is 0. The molecule has 3 atom stereocenters. The van der Waals surface area contributed by atoms with Crippen LogP contribution in [0.3, 0.4) is 0 Å². The molecular formula is C21H22O2. The van der Waals surface area contributed by atoms with Gasteiger partial charge >= 0.3 is 0 Å². The molecule has 2 aliphatic rings. The number of fused-ring (bicyclic) bond motifs is 2. The van der Waals surface area contributed by atoms with E-state index in [1.54, 1.807) is 0 Å². The zero-order valence-electron chi connectivity index (χ0n) is 13.4. The number of rotatable bonds is 3. The molecule has 2 nitrogen and oxygen atoms in total. The molecule has 0 saturated carbocycles. The van der Waals surface area contributed by atoms with Crippen LogP contribution in [0.25, 0.3) is 6.08 Å². The molecular weight excluding hydrogens is 284 g/mol. The van der Waals surface area contributed by atoms with Crippen molar-refractivity contribution in [3.63, 3.8) is 0 Å². The van der Waals surface area contributed by atoms with Gasteiger partial charge in [0.1, 0.15) is 0 Å². The quantitative estimate of drug-likeness (QED) is 0.819. The largest absolute Gasteiger partial charge is 0.343 e. The predicted octanol–water partition coefficient (Wildman–Crippen LogP) is 4.69. The van der Waals surface area contributed by atoms with E-state index in [1.165, 1.54) is 11.1 Å². The first-order valence-electron chi connectivity index (χ1n) is 8.36. The fourth-order valence-electron chi connectivity index (χ4n) is 3.59. The molecule has 2 aromatic rings. The Hall–Kier alpha value is -1.90. The van der Waals surface area contributed by atoms with Gasteiger partial charge in [-0.25, -0.2) is 0 Å². The second kappa shape index (κ2) is 5.95. The summed E-state index contributed by atoms with van der Waals surface area (Å²) in [5, 5.41) is 0. The van der Waals surface area contributed by atoms with Crippen LogP contribution >= 0.6 is 0 Å². The van der Waals surface area contributed by atoms with Crippen LogP contribution in [0.15, 0.2) is 60.7 Å². The average molecular weight is 306 g/mol. The standard InChI is InChI=1S/C21H22O2/c1-16-7-9-17(10-8-16)11-12-18-13-20-15-22-21(14-18,23-20)19-5-3-2-4-6-19/h2-12,18,20H,13-15H2,1H3/b12-11+/t18-,20+,21+/m1/s1. The summed E-state index contributed by atoms with van der Waals surface area (Å²) in [6.07, 6.45) is 6.68. The van der Waals surface area contributed by atoms with Gasteiger partial charge < -0.3 is 9.47 Å². The molecule has 2 aliphatic heterocycles. The van der Waals surface area contributed by atoms with Gasteiger partial charge in [0.15, 0.2) is 5.79 Å². The molecule has 23 heavy (non-hydrogen) atoms. The van der Waals surface area contributed by atoms with Crippen molar-refractivity contribution in [1.29, 1.82) is 0 Å². The van der Waals surface area contributed by atoms with E-state index in [-0.39, 0.29) is 6.10 Å². The van der Waals surface area contributed by atoms with Crippen LogP contribution in [0, 0.1) is 12.8 Å². The minimum Gasteiger partial charge on any atom is -0.343 e. The fourth-order valence-corrected chi connectivity index (χ4v) is 3.59. The van der Waals surface area contributed by atoms with Crippen LogP contribution in [0.5, 0.6) is 0 Å². The van der Waals surface area contributed by atoms with Gasteiger partial charge in [-0.15, -0.1) is 0 Å². The number of allylic oxidation sites excluding steroid dienone is 1. The third-order valence-electron chi connectivity index (χ3n) is 4.81. The molecule has 118 valence electrons. The van der Waals surface area contributed by atoms with Crippen LogP contribution in [-0.2, 0) is 15.3 Å². The normalized spacial score (nSPS) is 30.0. The minimum atomic E-state index is -0.549. The molecule has 0 aliphatic carbocycles. The molecule has 2 heterocycles. The van der Waals surface area contributed by atoms with Crippen molar-refractivity contribution >= 4 is 6.08 Å². The molecule has 0 spiro atoms. The predicted molar refractivity (Wildman–Crippen MR) is 91.9 cm³/mol. The maximum atomic E-state index is 6.21. The van der Waals surface area contributed by atoms with Crippen molar-refractivity contribution in [2.75, 3.05) is 6.61 Å². The minimum absolute atomic E-state index is 0.205. The van der Waals surface area contributed by atoms with E-state index >= 15 is 0 Å². The zero-order valence-corrected chi connectivity index (χ0v) is 13.4. The van der Waals surface area contributed by atoms with Gasteiger partial charge in [0.2, 0.25) is 0 Å².